The zero-order valence-corrected chi connectivity index (χ0v) is 18.1. The van der Waals surface area contributed by atoms with E-state index in [4.69, 9.17) is 14.2 Å². The first-order chi connectivity index (χ1) is 15.3. The minimum absolute atomic E-state index is 0.589. The summed E-state index contributed by atoms with van der Waals surface area (Å²) in [5.74, 6) is 1.26. The summed E-state index contributed by atoms with van der Waals surface area (Å²) in [6.45, 7) is 10.1. The lowest BCUT2D eigenvalue weighted by atomic mass is 10.2. The maximum Gasteiger partial charge on any atom is 0.217 e. The van der Waals surface area contributed by atoms with Crippen molar-refractivity contribution < 1.29 is 14.2 Å². The first-order valence-electron chi connectivity index (χ1n) is 10.9. The van der Waals surface area contributed by atoms with Crippen LogP contribution in [0.1, 0.15) is 11.1 Å². The fourth-order valence-electron chi connectivity index (χ4n) is 3.65. The predicted octanol–water partition coefficient (Wildman–Crippen LogP) is 2.38. The molecular formula is C23H31N5O3. The smallest absolute Gasteiger partial charge is 0.217 e. The highest BCUT2D eigenvalue weighted by molar-refractivity contribution is 5.80. The highest BCUT2D eigenvalue weighted by Gasteiger charge is 2.15. The van der Waals surface area contributed by atoms with Crippen LogP contribution in [0.15, 0.2) is 41.5 Å². The Hall–Kier alpha value is -2.68. The highest BCUT2D eigenvalue weighted by atomic mass is 16.5. The molecular weight excluding hydrogens is 394 g/mol. The second kappa shape index (κ2) is 11.1. The number of benzene rings is 1. The third kappa shape index (κ3) is 6.65. The summed E-state index contributed by atoms with van der Waals surface area (Å²) in [4.78, 5) is 9.25. The normalized spacial score (nSPS) is 17.8. The van der Waals surface area contributed by atoms with Gasteiger partial charge in [0, 0.05) is 50.5 Å². The molecule has 1 N–H and O–H groups in total. The molecule has 1 aromatic heterocycles. The molecule has 4 rings (SSSR count). The van der Waals surface area contributed by atoms with Crippen molar-refractivity contribution in [1.82, 2.24) is 9.88 Å². The molecule has 0 amide bonds. The van der Waals surface area contributed by atoms with Crippen LogP contribution in [-0.4, -0.2) is 81.9 Å². The summed E-state index contributed by atoms with van der Waals surface area (Å²) in [5.41, 5.74) is 6.37. The van der Waals surface area contributed by atoms with Crippen LogP contribution in [0.3, 0.4) is 0 Å². The molecule has 166 valence electrons. The van der Waals surface area contributed by atoms with E-state index in [0.29, 0.717) is 18.3 Å². The number of hydrogen-bond donors (Lipinski definition) is 1. The van der Waals surface area contributed by atoms with Crippen molar-refractivity contribution in [2.75, 3.05) is 76.1 Å². The lowest BCUT2D eigenvalue weighted by Gasteiger charge is -2.29. The zero-order valence-electron chi connectivity index (χ0n) is 18.1. The van der Waals surface area contributed by atoms with Crippen LogP contribution in [0.25, 0.3) is 0 Å². The van der Waals surface area contributed by atoms with Crippen LogP contribution in [-0.2, 0) is 9.47 Å². The third-order valence-electron chi connectivity index (χ3n) is 5.36. The number of morpholine rings is 2. The summed E-state index contributed by atoms with van der Waals surface area (Å²) < 4.78 is 16.9. The van der Waals surface area contributed by atoms with Crippen LogP contribution < -0.4 is 15.1 Å². The maximum atomic E-state index is 6.02. The van der Waals surface area contributed by atoms with Crippen molar-refractivity contribution in [2.45, 2.75) is 6.92 Å². The number of pyridine rings is 1. The molecule has 0 bridgehead atoms. The Morgan fingerprint density at radius 2 is 1.84 bits per heavy atom. The van der Waals surface area contributed by atoms with Crippen molar-refractivity contribution in [2.24, 2.45) is 5.10 Å². The van der Waals surface area contributed by atoms with E-state index in [1.54, 1.807) is 6.21 Å². The van der Waals surface area contributed by atoms with E-state index >= 15 is 0 Å². The van der Waals surface area contributed by atoms with E-state index < -0.39 is 0 Å². The van der Waals surface area contributed by atoms with Gasteiger partial charge < -0.3 is 19.1 Å². The molecule has 0 spiro atoms. The first-order valence-corrected chi connectivity index (χ1v) is 10.9. The molecule has 0 aliphatic carbocycles. The second-order valence-corrected chi connectivity index (χ2v) is 7.73. The Labute approximate surface area is 183 Å². The molecule has 2 aliphatic rings. The zero-order chi connectivity index (χ0) is 21.3. The van der Waals surface area contributed by atoms with Gasteiger partial charge in [0.25, 0.3) is 0 Å². The average molecular weight is 426 g/mol. The van der Waals surface area contributed by atoms with Crippen LogP contribution in [0.4, 0.5) is 11.5 Å². The van der Waals surface area contributed by atoms with Gasteiger partial charge in [-0.2, -0.15) is 10.1 Å². The van der Waals surface area contributed by atoms with E-state index in [0.717, 1.165) is 70.4 Å². The number of anilines is 2. The molecule has 8 nitrogen and oxygen atoms in total. The number of ether oxygens (including phenoxy) is 3. The largest absolute Gasteiger partial charge is 0.476 e. The number of nitrogens with zero attached hydrogens (tertiary/aromatic N) is 4. The molecule has 0 radical (unpaired) electrons. The van der Waals surface area contributed by atoms with Crippen molar-refractivity contribution in [1.29, 1.82) is 0 Å². The second-order valence-electron chi connectivity index (χ2n) is 7.73. The van der Waals surface area contributed by atoms with Crippen molar-refractivity contribution in [3.05, 3.63) is 47.5 Å². The molecule has 1 aromatic carbocycles. The predicted molar refractivity (Wildman–Crippen MR) is 122 cm³/mol. The van der Waals surface area contributed by atoms with Gasteiger partial charge in [0.15, 0.2) is 5.82 Å². The fraction of sp³-hybridized carbons (Fsp3) is 0.478. The van der Waals surface area contributed by atoms with Crippen LogP contribution in [0, 0.1) is 6.92 Å². The van der Waals surface area contributed by atoms with Gasteiger partial charge in [-0.3, -0.25) is 10.3 Å². The van der Waals surface area contributed by atoms with Crippen LogP contribution in [0.5, 0.6) is 5.88 Å². The molecule has 2 aromatic rings. The Balaban J connectivity index is 1.43. The summed E-state index contributed by atoms with van der Waals surface area (Å²) in [5, 5.41) is 4.38. The van der Waals surface area contributed by atoms with Crippen LogP contribution >= 0.6 is 0 Å². The molecule has 2 saturated heterocycles. The van der Waals surface area contributed by atoms with Crippen molar-refractivity contribution in [3.8, 4) is 5.88 Å². The van der Waals surface area contributed by atoms with Gasteiger partial charge >= 0.3 is 0 Å². The number of hydrazone groups is 1. The summed E-state index contributed by atoms with van der Waals surface area (Å²) in [7, 11) is 0. The monoisotopic (exact) mass is 425 g/mol. The number of aryl methyl sites for hydroxylation is 1. The molecule has 3 heterocycles. The van der Waals surface area contributed by atoms with Gasteiger partial charge in [0.2, 0.25) is 5.88 Å². The van der Waals surface area contributed by atoms with E-state index in [1.165, 1.54) is 5.56 Å². The molecule has 0 saturated carbocycles. The number of nitrogens with one attached hydrogen (secondary N) is 1. The quantitative estimate of drug-likeness (QED) is 0.514. The standard InChI is InChI=1S/C23H31N5O3/c1-19-3-2-4-20(15-19)18-24-26-22-16-21(28-8-12-30-13-9-28)17-23(25-22)31-14-7-27-5-10-29-11-6-27/h2-4,15-18H,5-14H2,1H3,(H,25,26)/b24-18+. The lowest BCUT2D eigenvalue weighted by Crippen LogP contribution is -2.38. The first kappa shape index (κ1) is 21.5. The lowest BCUT2D eigenvalue weighted by molar-refractivity contribution is 0.0320. The van der Waals surface area contributed by atoms with E-state index in [1.807, 2.05) is 24.3 Å². The van der Waals surface area contributed by atoms with E-state index in [2.05, 4.69) is 44.4 Å². The number of aromatic nitrogens is 1. The third-order valence-corrected chi connectivity index (χ3v) is 5.36. The fourth-order valence-corrected chi connectivity index (χ4v) is 3.65. The molecule has 2 fully saturated rings. The van der Waals surface area contributed by atoms with Crippen molar-refractivity contribution >= 4 is 17.7 Å². The maximum absolute atomic E-state index is 6.02. The minimum atomic E-state index is 0.589. The SMILES string of the molecule is Cc1cccc(/C=N/Nc2cc(N3CCOCC3)cc(OCCN3CCOCC3)n2)c1. The topological polar surface area (TPSA) is 71.5 Å². The molecule has 8 heteroatoms. The van der Waals surface area contributed by atoms with Crippen molar-refractivity contribution in [3.63, 3.8) is 0 Å². The Morgan fingerprint density at radius 1 is 1.06 bits per heavy atom. The number of rotatable bonds is 8. The summed E-state index contributed by atoms with van der Waals surface area (Å²) in [6.07, 6.45) is 1.80. The highest BCUT2D eigenvalue weighted by Crippen LogP contribution is 2.25. The molecule has 0 unspecified atom stereocenters. The van der Waals surface area contributed by atoms with Gasteiger partial charge in [0.1, 0.15) is 6.61 Å². The Kier molecular flexibility index (Phi) is 7.71. The van der Waals surface area contributed by atoms with Gasteiger partial charge in [-0.15, -0.1) is 0 Å². The Morgan fingerprint density at radius 3 is 2.61 bits per heavy atom. The summed E-state index contributed by atoms with van der Waals surface area (Å²) in [6, 6.07) is 12.2. The molecule has 2 aliphatic heterocycles. The van der Waals surface area contributed by atoms with E-state index in [9.17, 15) is 0 Å². The molecule has 31 heavy (non-hydrogen) atoms. The van der Waals surface area contributed by atoms with Gasteiger partial charge in [-0.05, 0) is 12.5 Å². The van der Waals surface area contributed by atoms with E-state index in [-0.39, 0.29) is 0 Å². The molecule has 0 atom stereocenters. The van der Waals surface area contributed by atoms with Gasteiger partial charge in [-0.1, -0.05) is 29.8 Å². The minimum Gasteiger partial charge on any atom is -0.476 e. The van der Waals surface area contributed by atoms with Crippen LogP contribution in [0.2, 0.25) is 0 Å². The Bertz CT molecular complexity index is 864. The van der Waals surface area contributed by atoms with Gasteiger partial charge in [0.05, 0.1) is 32.6 Å². The number of hydrogen-bond acceptors (Lipinski definition) is 8. The summed E-state index contributed by atoms with van der Waals surface area (Å²) >= 11 is 0. The van der Waals surface area contributed by atoms with Gasteiger partial charge in [-0.25, -0.2) is 0 Å². The average Bonchev–Trinajstić information content (AvgIpc) is 2.80.